The van der Waals surface area contributed by atoms with Crippen molar-refractivity contribution in [1.82, 2.24) is 0 Å². The van der Waals surface area contributed by atoms with Crippen LogP contribution in [-0.2, 0) is 6.42 Å². The van der Waals surface area contributed by atoms with Crippen LogP contribution in [0.2, 0.25) is 0 Å². The van der Waals surface area contributed by atoms with E-state index in [1.54, 1.807) is 18.2 Å². The van der Waals surface area contributed by atoms with Gasteiger partial charge in [0.1, 0.15) is 11.6 Å². The van der Waals surface area contributed by atoms with Crippen LogP contribution in [0.4, 0.5) is 14.5 Å². The average Bonchev–Trinajstić information content (AvgIpc) is 2.28. The van der Waals surface area contributed by atoms with Crippen molar-refractivity contribution in [3.8, 4) is 0 Å². The Kier molecular flexibility index (Phi) is 3.43. The van der Waals surface area contributed by atoms with E-state index in [9.17, 15) is 8.78 Å². The highest BCUT2D eigenvalue weighted by molar-refractivity contribution is 9.10. The molecule has 0 saturated carbocycles. The molecule has 0 saturated heterocycles. The summed E-state index contributed by atoms with van der Waals surface area (Å²) in [6, 6.07) is 9.09. The SMILES string of the molecule is Nc1ccc(Br)cc1Cc1c(F)cccc1F. The van der Waals surface area contributed by atoms with Gasteiger partial charge in [0.05, 0.1) is 0 Å². The number of nitrogens with two attached hydrogens (primary N) is 1. The molecular formula is C13H10BrF2N. The number of halogens is 3. The van der Waals surface area contributed by atoms with Crippen LogP contribution in [0.3, 0.4) is 0 Å². The van der Waals surface area contributed by atoms with Crippen LogP contribution in [0.5, 0.6) is 0 Å². The number of benzene rings is 2. The minimum Gasteiger partial charge on any atom is -0.398 e. The van der Waals surface area contributed by atoms with Gasteiger partial charge >= 0.3 is 0 Å². The molecule has 1 nitrogen and oxygen atoms in total. The summed E-state index contributed by atoms with van der Waals surface area (Å²) < 4.78 is 27.8. The van der Waals surface area contributed by atoms with E-state index in [2.05, 4.69) is 15.9 Å². The quantitative estimate of drug-likeness (QED) is 0.836. The zero-order chi connectivity index (χ0) is 12.4. The van der Waals surface area contributed by atoms with E-state index in [1.807, 2.05) is 0 Å². The topological polar surface area (TPSA) is 26.0 Å². The number of hydrogen-bond donors (Lipinski definition) is 1. The fraction of sp³-hybridized carbons (Fsp3) is 0.0769. The molecule has 0 aliphatic heterocycles. The van der Waals surface area contributed by atoms with Gasteiger partial charge in [-0.1, -0.05) is 22.0 Å². The molecule has 2 aromatic rings. The Morgan fingerprint density at radius 3 is 2.35 bits per heavy atom. The van der Waals surface area contributed by atoms with Gasteiger partial charge in [-0.25, -0.2) is 8.78 Å². The van der Waals surface area contributed by atoms with Crippen molar-refractivity contribution in [2.75, 3.05) is 5.73 Å². The molecule has 0 radical (unpaired) electrons. The van der Waals surface area contributed by atoms with E-state index in [4.69, 9.17) is 5.73 Å². The second-order valence-corrected chi connectivity index (χ2v) is 4.64. The van der Waals surface area contributed by atoms with Gasteiger partial charge in [-0.3, -0.25) is 0 Å². The molecule has 4 heteroatoms. The Morgan fingerprint density at radius 1 is 1.06 bits per heavy atom. The monoisotopic (exact) mass is 297 g/mol. The van der Waals surface area contributed by atoms with Gasteiger partial charge in [-0.15, -0.1) is 0 Å². The molecule has 0 atom stereocenters. The van der Waals surface area contributed by atoms with Crippen molar-refractivity contribution in [3.05, 3.63) is 63.6 Å². The molecule has 0 aliphatic carbocycles. The third kappa shape index (κ3) is 2.64. The smallest absolute Gasteiger partial charge is 0.129 e. The van der Waals surface area contributed by atoms with Crippen molar-refractivity contribution >= 4 is 21.6 Å². The first-order valence-corrected chi connectivity index (χ1v) is 5.84. The van der Waals surface area contributed by atoms with E-state index >= 15 is 0 Å². The van der Waals surface area contributed by atoms with Crippen LogP contribution < -0.4 is 5.73 Å². The molecule has 0 heterocycles. The maximum absolute atomic E-state index is 13.5. The minimum atomic E-state index is -0.552. The largest absolute Gasteiger partial charge is 0.398 e. The number of rotatable bonds is 2. The number of nitrogen functional groups attached to an aromatic ring is 1. The van der Waals surface area contributed by atoms with Gasteiger partial charge in [0.15, 0.2) is 0 Å². The standard InChI is InChI=1S/C13H10BrF2N/c14-9-4-5-13(17)8(6-9)7-10-11(15)2-1-3-12(10)16/h1-6H,7,17H2. The summed E-state index contributed by atoms with van der Waals surface area (Å²) in [6.45, 7) is 0. The lowest BCUT2D eigenvalue weighted by Crippen LogP contribution is -2.00. The normalized spacial score (nSPS) is 10.5. The first-order chi connectivity index (χ1) is 8.08. The van der Waals surface area contributed by atoms with Crippen LogP contribution in [0, 0.1) is 11.6 Å². The predicted octanol–water partition coefficient (Wildman–Crippen LogP) is 3.90. The summed E-state index contributed by atoms with van der Waals surface area (Å²) in [5.41, 5.74) is 7.03. The van der Waals surface area contributed by atoms with E-state index in [1.165, 1.54) is 18.2 Å². The molecule has 0 bridgehead atoms. The van der Waals surface area contributed by atoms with Gasteiger partial charge in [0, 0.05) is 22.1 Å². The van der Waals surface area contributed by atoms with Crippen LogP contribution in [-0.4, -0.2) is 0 Å². The highest BCUT2D eigenvalue weighted by Gasteiger charge is 2.10. The third-order valence-electron chi connectivity index (χ3n) is 2.53. The van der Waals surface area contributed by atoms with Crippen LogP contribution in [0.1, 0.15) is 11.1 Å². The molecule has 17 heavy (non-hydrogen) atoms. The van der Waals surface area contributed by atoms with E-state index in [-0.39, 0.29) is 12.0 Å². The molecular weight excluding hydrogens is 288 g/mol. The zero-order valence-electron chi connectivity index (χ0n) is 8.88. The molecule has 2 N–H and O–H groups in total. The first kappa shape index (κ1) is 12.0. The van der Waals surface area contributed by atoms with Gasteiger partial charge in [-0.05, 0) is 35.9 Å². The lowest BCUT2D eigenvalue weighted by molar-refractivity contribution is 0.561. The molecule has 88 valence electrons. The van der Waals surface area contributed by atoms with Crippen LogP contribution >= 0.6 is 15.9 Å². The molecule has 2 rings (SSSR count). The molecule has 0 amide bonds. The maximum Gasteiger partial charge on any atom is 0.129 e. The lowest BCUT2D eigenvalue weighted by atomic mass is 10.0. The Balaban J connectivity index is 2.41. The second-order valence-electron chi connectivity index (χ2n) is 3.72. The molecule has 0 spiro atoms. The summed E-state index contributed by atoms with van der Waals surface area (Å²) in [7, 11) is 0. The fourth-order valence-electron chi connectivity index (χ4n) is 1.62. The zero-order valence-corrected chi connectivity index (χ0v) is 10.5. The lowest BCUT2D eigenvalue weighted by Gasteiger charge is -2.08. The fourth-order valence-corrected chi connectivity index (χ4v) is 2.03. The predicted molar refractivity (Wildman–Crippen MR) is 67.7 cm³/mol. The van der Waals surface area contributed by atoms with Crippen molar-refractivity contribution in [2.45, 2.75) is 6.42 Å². The van der Waals surface area contributed by atoms with Gasteiger partial charge < -0.3 is 5.73 Å². The summed E-state index contributed by atoms with van der Waals surface area (Å²) in [6.07, 6.45) is 0.143. The van der Waals surface area contributed by atoms with Crippen molar-refractivity contribution in [3.63, 3.8) is 0 Å². The Morgan fingerprint density at radius 2 is 1.71 bits per heavy atom. The van der Waals surface area contributed by atoms with Gasteiger partial charge in [0.25, 0.3) is 0 Å². The average molecular weight is 298 g/mol. The highest BCUT2D eigenvalue weighted by atomic mass is 79.9. The van der Waals surface area contributed by atoms with Crippen molar-refractivity contribution in [2.24, 2.45) is 0 Å². The maximum atomic E-state index is 13.5. The molecule has 2 aromatic carbocycles. The third-order valence-corrected chi connectivity index (χ3v) is 3.03. The Labute approximate surface area is 106 Å². The second kappa shape index (κ2) is 4.84. The van der Waals surface area contributed by atoms with E-state index < -0.39 is 11.6 Å². The summed E-state index contributed by atoms with van der Waals surface area (Å²) in [4.78, 5) is 0. The van der Waals surface area contributed by atoms with E-state index in [0.29, 0.717) is 11.3 Å². The van der Waals surface area contributed by atoms with E-state index in [0.717, 1.165) is 4.47 Å². The summed E-state index contributed by atoms with van der Waals surface area (Å²) >= 11 is 3.30. The molecule has 0 aliphatic rings. The van der Waals surface area contributed by atoms with Crippen molar-refractivity contribution in [1.29, 1.82) is 0 Å². The van der Waals surface area contributed by atoms with Gasteiger partial charge in [0.2, 0.25) is 0 Å². The number of hydrogen-bond acceptors (Lipinski definition) is 1. The highest BCUT2D eigenvalue weighted by Crippen LogP contribution is 2.23. The molecule has 0 fully saturated rings. The minimum absolute atomic E-state index is 0.0392. The van der Waals surface area contributed by atoms with Crippen LogP contribution in [0.25, 0.3) is 0 Å². The summed E-state index contributed by atoms with van der Waals surface area (Å²) in [5, 5.41) is 0. The number of anilines is 1. The summed E-state index contributed by atoms with van der Waals surface area (Å²) in [5.74, 6) is -1.10. The first-order valence-electron chi connectivity index (χ1n) is 5.04. The Hall–Kier alpha value is -1.42. The molecule has 0 aromatic heterocycles. The molecule has 0 unspecified atom stereocenters. The van der Waals surface area contributed by atoms with Crippen molar-refractivity contribution < 1.29 is 8.78 Å². The van der Waals surface area contributed by atoms with Gasteiger partial charge in [-0.2, -0.15) is 0 Å². The Bertz CT molecular complexity index is 535. The van der Waals surface area contributed by atoms with Crippen LogP contribution in [0.15, 0.2) is 40.9 Å².